The van der Waals surface area contributed by atoms with Crippen molar-refractivity contribution in [3.05, 3.63) is 35.4 Å². The predicted molar refractivity (Wildman–Crippen MR) is 81.1 cm³/mol. The number of morpholine rings is 1. The summed E-state index contributed by atoms with van der Waals surface area (Å²) in [5.74, 6) is -0.394. The maximum absolute atomic E-state index is 11.1. The number of hydrogen-bond donors (Lipinski definition) is 1. The standard InChI is InChI=1S/C16H24N2O3/c1-16(2)11-18(9-14(21-16)10-20-3)8-12-4-6-13(7-5-12)15(17)19/h4-7,14H,8-11H2,1-3H3,(H2,17,19)/t14-/m0/s1. The van der Waals surface area contributed by atoms with Crippen LogP contribution < -0.4 is 5.73 Å². The Hall–Kier alpha value is -1.43. The summed E-state index contributed by atoms with van der Waals surface area (Å²) >= 11 is 0. The average molecular weight is 292 g/mol. The first-order valence-corrected chi connectivity index (χ1v) is 7.17. The van der Waals surface area contributed by atoms with Crippen LogP contribution in [0.5, 0.6) is 0 Å². The van der Waals surface area contributed by atoms with Crippen LogP contribution in [0.3, 0.4) is 0 Å². The molecule has 2 N–H and O–H groups in total. The normalized spacial score (nSPS) is 22.1. The van der Waals surface area contributed by atoms with Crippen LogP contribution in [0.25, 0.3) is 0 Å². The van der Waals surface area contributed by atoms with Gasteiger partial charge < -0.3 is 15.2 Å². The first kappa shape index (κ1) is 15.9. The molecule has 2 rings (SSSR count). The fourth-order valence-electron chi connectivity index (χ4n) is 2.84. The first-order valence-electron chi connectivity index (χ1n) is 7.17. The minimum atomic E-state index is -0.394. The average Bonchev–Trinajstić information content (AvgIpc) is 2.37. The van der Waals surface area contributed by atoms with Crippen LogP contribution in [-0.2, 0) is 16.0 Å². The molecule has 1 atom stereocenters. The number of nitrogens with zero attached hydrogens (tertiary/aromatic N) is 1. The lowest BCUT2D eigenvalue weighted by Gasteiger charge is -2.42. The van der Waals surface area contributed by atoms with Gasteiger partial charge in [-0.25, -0.2) is 0 Å². The van der Waals surface area contributed by atoms with Gasteiger partial charge in [-0.2, -0.15) is 0 Å². The van der Waals surface area contributed by atoms with E-state index in [2.05, 4.69) is 18.7 Å². The van der Waals surface area contributed by atoms with E-state index in [0.29, 0.717) is 12.2 Å². The number of ether oxygens (including phenoxy) is 2. The third-order valence-corrected chi connectivity index (χ3v) is 3.55. The number of primary amides is 1. The van der Waals surface area contributed by atoms with E-state index in [9.17, 15) is 4.79 Å². The van der Waals surface area contributed by atoms with Crippen LogP contribution in [0.2, 0.25) is 0 Å². The number of carbonyl (C=O) groups excluding carboxylic acids is 1. The molecule has 1 aromatic carbocycles. The monoisotopic (exact) mass is 292 g/mol. The predicted octanol–water partition coefficient (Wildman–Crippen LogP) is 1.41. The quantitative estimate of drug-likeness (QED) is 0.891. The molecule has 5 heteroatoms. The fourth-order valence-corrected chi connectivity index (χ4v) is 2.84. The Balaban J connectivity index is 2.02. The van der Waals surface area contributed by atoms with E-state index in [0.717, 1.165) is 25.2 Å². The van der Waals surface area contributed by atoms with Crippen LogP contribution in [0, 0.1) is 0 Å². The Kier molecular flexibility index (Phi) is 4.98. The molecule has 0 aliphatic carbocycles. The van der Waals surface area contributed by atoms with Gasteiger partial charge >= 0.3 is 0 Å². The number of amides is 1. The zero-order valence-electron chi connectivity index (χ0n) is 13.0. The number of carbonyl (C=O) groups is 1. The van der Waals surface area contributed by atoms with E-state index in [1.54, 1.807) is 19.2 Å². The maximum atomic E-state index is 11.1. The van der Waals surface area contributed by atoms with E-state index < -0.39 is 5.91 Å². The topological polar surface area (TPSA) is 64.8 Å². The molecule has 1 amide bonds. The summed E-state index contributed by atoms with van der Waals surface area (Å²) in [5.41, 5.74) is 6.77. The van der Waals surface area contributed by atoms with Crippen molar-refractivity contribution in [2.75, 3.05) is 26.8 Å². The van der Waals surface area contributed by atoms with Crippen molar-refractivity contribution in [2.24, 2.45) is 5.73 Å². The van der Waals surface area contributed by atoms with Gasteiger partial charge in [0.25, 0.3) is 0 Å². The number of benzene rings is 1. The fraction of sp³-hybridized carbons (Fsp3) is 0.562. The summed E-state index contributed by atoms with van der Waals surface area (Å²) in [6.45, 7) is 7.32. The first-order chi connectivity index (χ1) is 9.89. The Bertz CT molecular complexity index is 485. The highest BCUT2D eigenvalue weighted by molar-refractivity contribution is 5.92. The molecule has 0 unspecified atom stereocenters. The van der Waals surface area contributed by atoms with Gasteiger partial charge in [0.15, 0.2) is 0 Å². The molecule has 0 aromatic heterocycles. The molecule has 21 heavy (non-hydrogen) atoms. The lowest BCUT2D eigenvalue weighted by atomic mass is 10.0. The Labute approximate surface area is 126 Å². The lowest BCUT2D eigenvalue weighted by Crippen LogP contribution is -2.53. The summed E-state index contributed by atoms with van der Waals surface area (Å²) in [6, 6.07) is 7.45. The number of rotatable bonds is 5. The summed E-state index contributed by atoms with van der Waals surface area (Å²) in [6.07, 6.45) is 0.0867. The molecular formula is C16H24N2O3. The lowest BCUT2D eigenvalue weighted by molar-refractivity contribution is -0.154. The van der Waals surface area contributed by atoms with E-state index in [1.165, 1.54) is 0 Å². The smallest absolute Gasteiger partial charge is 0.248 e. The second-order valence-corrected chi connectivity index (χ2v) is 6.19. The van der Waals surface area contributed by atoms with Crippen LogP contribution in [0.15, 0.2) is 24.3 Å². The van der Waals surface area contributed by atoms with Crippen molar-refractivity contribution in [2.45, 2.75) is 32.1 Å². The van der Waals surface area contributed by atoms with Crippen molar-refractivity contribution in [3.63, 3.8) is 0 Å². The third-order valence-electron chi connectivity index (χ3n) is 3.55. The summed E-state index contributed by atoms with van der Waals surface area (Å²) in [5, 5.41) is 0. The van der Waals surface area contributed by atoms with Gasteiger partial charge in [-0.3, -0.25) is 9.69 Å². The third kappa shape index (κ3) is 4.52. The van der Waals surface area contributed by atoms with Crippen molar-refractivity contribution >= 4 is 5.91 Å². The van der Waals surface area contributed by atoms with Crippen molar-refractivity contribution in [1.82, 2.24) is 4.90 Å². The van der Waals surface area contributed by atoms with Crippen LogP contribution in [0.1, 0.15) is 29.8 Å². The summed E-state index contributed by atoms with van der Waals surface area (Å²) in [4.78, 5) is 13.4. The minimum Gasteiger partial charge on any atom is -0.382 e. The van der Waals surface area contributed by atoms with E-state index >= 15 is 0 Å². The molecular weight excluding hydrogens is 268 g/mol. The number of hydrogen-bond acceptors (Lipinski definition) is 4. The SMILES string of the molecule is COC[C@@H]1CN(Cc2ccc(C(N)=O)cc2)CC(C)(C)O1. The van der Waals surface area contributed by atoms with Gasteiger partial charge in [0.2, 0.25) is 5.91 Å². The van der Waals surface area contributed by atoms with E-state index in [4.69, 9.17) is 15.2 Å². The molecule has 1 aliphatic rings. The second-order valence-electron chi connectivity index (χ2n) is 6.19. The zero-order chi connectivity index (χ0) is 15.5. The molecule has 1 saturated heterocycles. The molecule has 0 radical (unpaired) electrons. The maximum Gasteiger partial charge on any atom is 0.248 e. The second kappa shape index (κ2) is 6.56. The summed E-state index contributed by atoms with van der Waals surface area (Å²) < 4.78 is 11.2. The van der Waals surface area contributed by atoms with Gasteiger partial charge in [-0.1, -0.05) is 12.1 Å². The molecule has 116 valence electrons. The van der Waals surface area contributed by atoms with Gasteiger partial charge in [0, 0.05) is 32.3 Å². The van der Waals surface area contributed by atoms with Crippen LogP contribution in [0.4, 0.5) is 0 Å². The molecule has 0 spiro atoms. The molecule has 0 saturated carbocycles. The van der Waals surface area contributed by atoms with E-state index in [1.807, 2.05) is 12.1 Å². The highest BCUT2D eigenvalue weighted by atomic mass is 16.5. The molecule has 1 fully saturated rings. The van der Waals surface area contributed by atoms with Crippen LogP contribution in [-0.4, -0.2) is 49.3 Å². The van der Waals surface area contributed by atoms with Crippen molar-refractivity contribution in [3.8, 4) is 0 Å². The molecule has 1 heterocycles. The number of nitrogens with two attached hydrogens (primary N) is 1. The minimum absolute atomic E-state index is 0.0867. The van der Waals surface area contributed by atoms with Crippen LogP contribution >= 0.6 is 0 Å². The molecule has 0 bridgehead atoms. The highest BCUT2D eigenvalue weighted by Crippen LogP contribution is 2.22. The molecule has 1 aromatic rings. The summed E-state index contributed by atoms with van der Waals surface area (Å²) in [7, 11) is 1.69. The number of methoxy groups -OCH3 is 1. The van der Waals surface area contributed by atoms with Crippen molar-refractivity contribution < 1.29 is 14.3 Å². The Morgan fingerprint density at radius 3 is 2.67 bits per heavy atom. The van der Waals surface area contributed by atoms with Crippen molar-refractivity contribution in [1.29, 1.82) is 0 Å². The van der Waals surface area contributed by atoms with E-state index in [-0.39, 0.29) is 11.7 Å². The van der Waals surface area contributed by atoms with Gasteiger partial charge in [-0.05, 0) is 31.5 Å². The highest BCUT2D eigenvalue weighted by Gasteiger charge is 2.33. The van der Waals surface area contributed by atoms with Gasteiger partial charge in [0.05, 0.1) is 18.3 Å². The Morgan fingerprint density at radius 1 is 1.43 bits per heavy atom. The largest absolute Gasteiger partial charge is 0.382 e. The Morgan fingerprint density at radius 2 is 2.10 bits per heavy atom. The van der Waals surface area contributed by atoms with Gasteiger partial charge in [0.1, 0.15) is 0 Å². The zero-order valence-corrected chi connectivity index (χ0v) is 13.0. The molecule has 5 nitrogen and oxygen atoms in total. The van der Waals surface area contributed by atoms with Gasteiger partial charge in [-0.15, -0.1) is 0 Å². The molecule has 1 aliphatic heterocycles.